The second-order valence-electron chi connectivity index (χ2n) is 3.36. The standard InChI is InChI=1S/C12H7F4/c13-11(14)12(15,16)10-7-3-5-8-4-1-2-6-9(8)10/h1-7H. The van der Waals surface area contributed by atoms with Crippen LogP contribution in [0.15, 0.2) is 42.5 Å². The number of halogens is 4. The van der Waals surface area contributed by atoms with Crippen molar-refractivity contribution in [1.82, 2.24) is 0 Å². The molecule has 4 heteroatoms. The molecule has 0 amide bonds. The molecule has 0 spiro atoms. The van der Waals surface area contributed by atoms with E-state index >= 15 is 0 Å². The van der Waals surface area contributed by atoms with Crippen LogP contribution in [0.3, 0.4) is 0 Å². The average Bonchev–Trinajstić information content (AvgIpc) is 2.28. The number of fused-ring (bicyclic) bond motifs is 1. The fourth-order valence-electron chi connectivity index (χ4n) is 1.60. The van der Waals surface area contributed by atoms with Crippen LogP contribution in [0.1, 0.15) is 5.56 Å². The number of benzene rings is 2. The van der Waals surface area contributed by atoms with Crippen LogP contribution >= 0.6 is 0 Å². The van der Waals surface area contributed by atoms with E-state index in [9.17, 15) is 17.6 Å². The number of hydrogen-bond acceptors (Lipinski definition) is 0. The minimum absolute atomic E-state index is 0.141. The molecule has 2 aromatic carbocycles. The van der Waals surface area contributed by atoms with Crippen molar-refractivity contribution in [2.45, 2.75) is 5.92 Å². The highest BCUT2D eigenvalue weighted by Gasteiger charge is 2.45. The third-order valence-electron chi connectivity index (χ3n) is 2.37. The summed E-state index contributed by atoms with van der Waals surface area (Å²) in [5, 5.41) is 0.656. The predicted molar refractivity (Wildman–Crippen MR) is 53.3 cm³/mol. The minimum Gasteiger partial charge on any atom is -0.194 e. The summed E-state index contributed by atoms with van der Waals surface area (Å²) in [7, 11) is 0. The van der Waals surface area contributed by atoms with Gasteiger partial charge in [0.15, 0.2) is 0 Å². The van der Waals surface area contributed by atoms with Crippen molar-refractivity contribution in [3.8, 4) is 0 Å². The topological polar surface area (TPSA) is 0 Å². The highest BCUT2D eigenvalue weighted by molar-refractivity contribution is 5.86. The van der Waals surface area contributed by atoms with E-state index in [4.69, 9.17) is 0 Å². The normalized spacial score (nSPS) is 12.3. The molecular formula is C12H7F4. The maximum absolute atomic E-state index is 13.2. The number of alkyl halides is 2. The van der Waals surface area contributed by atoms with Gasteiger partial charge in [-0.3, -0.25) is 0 Å². The molecular weight excluding hydrogens is 220 g/mol. The molecule has 0 aliphatic rings. The Kier molecular flexibility index (Phi) is 2.58. The maximum atomic E-state index is 13.2. The van der Waals surface area contributed by atoms with Crippen LogP contribution in [0.25, 0.3) is 10.8 Å². The molecule has 0 heterocycles. The highest BCUT2D eigenvalue weighted by Crippen LogP contribution is 2.42. The van der Waals surface area contributed by atoms with E-state index in [0.717, 1.165) is 6.07 Å². The van der Waals surface area contributed by atoms with Crippen molar-refractivity contribution < 1.29 is 17.6 Å². The maximum Gasteiger partial charge on any atom is 0.382 e. The van der Waals surface area contributed by atoms with E-state index in [1.165, 1.54) is 18.2 Å². The van der Waals surface area contributed by atoms with E-state index in [1.54, 1.807) is 18.2 Å². The van der Waals surface area contributed by atoms with Crippen LogP contribution < -0.4 is 0 Å². The van der Waals surface area contributed by atoms with Gasteiger partial charge in [-0.15, -0.1) is 0 Å². The molecule has 0 aromatic heterocycles. The molecule has 0 aliphatic carbocycles. The molecule has 0 N–H and O–H groups in total. The Balaban J connectivity index is 2.70. The van der Waals surface area contributed by atoms with Gasteiger partial charge in [-0.1, -0.05) is 42.5 Å². The lowest BCUT2D eigenvalue weighted by molar-refractivity contribution is -0.0641. The van der Waals surface area contributed by atoms with Gasteiger partial charge in [0.05, 0.1) is 0 Å². The highest BCUT2D eigenvalue weighted by atomic mass is 19.3. The van der Waals surface area contributed by atoms with Gasteiger partial charge < -0.3 is 0 Å². The van der Waals surface area contributed by atoms with Crippen molar-refractivity contribution in [3.05, 3.63) is 54.5 Å². The second-order valence-corrected chi connectivity index (χ2v) is 3.36. The SMILES string of the molecule is F[C](F)C(F)(F)c1cccc2ccccc12. The molecule has 16 heavy (non-hydrogen) atoms. The Labute approximate surface area is 89.5 Å². The van der Waals surface area contributed by atoms with E-state index in [2.05, 4.69) is 0 Å². The average molecular weight is 227 g/mol. The van der Waals surface area contributed by atoms with Gasteiger partial charge in [-0.25, -0.2) is 0 Å². The molecule has 0 nitrogen and oxygen atoms in total. The first kappa shape index (κ1) is 10.9. The summed E-state index contributed by atoms with van der Waals surface area (Å²) < 4.78 is 50.8. The molecule has 83 valence electrons. The summed E-state index contributed by atoms with van der Waals surface area (Å²) >= 11 is 0. The van der Waals surface area contributed by atoms with Crippen LogP contribution in [-0.4, -0.2) is 0 Å². The first-order valence-corrected chi connectivity index (χ1v) is 4.58. The quantitative estimate of drug-likeness (QED) is 0.668. The van der Waals surface area contributed by atoms with Gasteiger partial charge in [-0.2, -0.15) is 17.6 Å². The van der Waals surface area contributed by atoms with Crippen molar-refractivity contribution in [2.24, 2.45) is 0 Å². The summed E-state index contributed by atoms with van der Waals surface area (Å²) in [6.45, 7) is 0. The molecule has 0 atom stereocenters. The van der Waals surface area contributed by atoms with Gasteiger partial charge in [0.25, 0.3) is 0 Å². The molecule has 0 saturated heterocycles. The predicted octanol–water partition coefficient (Wildman–Crippen LogP) is 4.36. The van der Waals surface area contributed by atoms with E-state index in [-0.39, 0.29) is 5.39 Å². The van der Waals surface area contributed by atoms with E-state index in [1.807, 2.05) is 0 Å². The summed E-state index contributed by atoms with van der Waals surface area (Å²) in [6, 6.07) is 10.2. The van der Waals surface area contributed by atoms with Crippen molar-refractivity contribution in [1.29, 1.82) is 0 Å². The zero-order valence-electron chi connectivity index (χ0n) is 8.05. The lowest BCUT2D eigenvalue weighted by Gasteiger charge is -2.16. The van der Waals surface area contributed by atoms with Gasteiger partial charge in [0, 0.05) is 5.56 Å². The van der Waals surface area contributed by atoms with Gasteiger partial charge >= 0.3 is 12.3 Å². The van der Waals surface area contributed by atoms with Crippen LogP contribution in [0.2, 0.25) is 0 Å². The molecule has 1 radical (unpaired) electrons. The summed E-state index contributed by atoms with van der Waals surface area (Å²) in [6.07, 6.45) is -2.89. The van der Waals surface area contributed by atoms with E-state index in [0.29, 0.717) is 5.39 Å². The minimum atomic E-state index is -4.19. The number of hydrogen-bond donors (Lipinski definition) is 0. The molecule has 0 bridgehead atoms. The largest absolute Gasteiger partial charge is 0.382 e. The van der Waals surface area contributed by atoms with Crippen LogP contribution in [0.4, 0.5) is 17.6 Å². The molecule has 0 unspecified atom stereocenters. The Morgan fingerprint density at radius 2 is 1.50 bits per heavy atom. The lowest BCUT2D eigenvalue weighted by atomic mass is 10.00. The molecule has 2 aromatic rings. The molecule has 0 aliphatic heterocycles. The zero-order chi connectivity index (χ0) is 11.8. The van der Waals surface area contributed by atoms with Crippen LogP contribution in [0.5, 0.6) is 0 Å². The lowest BCUT2D eigenvalue weighted by Crippen LogP contribution is -2.17. The fraction of sp³-hybridized carbons (Fsp3) is 0.0833. The van der Waals surface area contributed by atoms with E-state index < -0.39 is 17.9 Å². The Bertz CT molecular complexity index is 500. The van der Waals surface area contributed by atoms with Crippen molar-refractivity contribution >= 4 is 10.8 Å². The van der Waals surface area contributed by atoms with Crippen LogP contribution in [-0.2, 0) is 5.92 Å². The summed E-state index contributed by atoms with van der Waals surface area (Å²) in [4.78, 5) is 0. The Morgan fingerprint density at radius 1 is 0.875 bits per heavy atom. The smallest absolute Gasteiger partial charge is 0.194 e. The summed E-state index contributed by atoms with van der Waals surface area (Å²) in [5.74, 6) is -4.19. The van der Waals surface area contributed by atoms with Crippen molar-refractivity contribution in [3.63, 3.8) is 0 Å². The van der Waals surface area contributed by atoms with Crippen molar-refractivity contribution in [2.75, 3.05) is 0 Å². The molecule has 0 saturated carbocycles. The van der Waals surface area contributed by atoms with Gasteiger partial charge in [0.2, 0.25) is 0 Å². The Hall–Kier alpha value is -1.58. The first-order chi connectivity index (χ1) is 7.53. The Morgan fingerprint density at radius 3 is 2.19 bits per heavy atom. The molecule has 2 rings (SSSR count). The second kappa shape index (κ2) is 3.77. The molecule has 0 fully saturated rings. The monoisotopic (exact) mass is 227 g/mol. The zero-order valence-corrected chi connectivity index (χ0v) is 8.05. The first-order valence-electron chi connectivity index (χ1n) is 4.58. The number of rotatable bonds is 2. The van der Waals surface area contributed by atoms with Crippen LogP contribution in [0, 0.1) is 6.43 Å². The summed E-state index contributed by atoms with van der Waals surface area (Å²) in [5.41, 5.74) is -0.661. The third-order valence-corrected chi connectivity index (χ3v) is 2.37. The fourth-order valence-corrected chi connectivity index (χ4v) is 1.60. The van der Waals surface area contributed by atoms with Gasteiger partial charge in [-0.05, 0) is 10.8 Å². The van der Waals surface area contributed by atoms with Gasteiger partial charge in [0.1, 0.15) is 0 Å². The third kappa shape index (κ3) is 1.64.